The lowest BCUT2D eigenvalue weighted by atomic mass is 9.91. The summed E-state index contributed by atoms with van der Waals surface area (Å²) in [5.74, 6) is 0.191. The summed E-state index contributed by atoms with van der Waals surface area (Å²) < 4.78 is 45.1. The number of rotatable bonds is 3. The van der Waals surface area contributed by atoms with Gasteiger partial charge >= 0.3 is 6.18 Å². The molecule has 2 aromatic rings. The summed E-state index contributed by atoms with van der Waals surface area (Å²) >= 11 is 0. The van der Waals surface area contributed by atoms with Crippen molar-refractivity contribution in [2.24, 2.45) is 0 Å². The molecule has 1 unspecified atom stereocenters. The zero-order chi connectivity index (χ0) is 19.1. The number of ether oxygens (including phenoxy) is 1. The normalized spacial score (nSPS) is 21.2. The quantitative estimate of drug-likeness (QED) is 0.903. The number of aromatic amines is 1. The highest BCUT2D eigenvalue weighted by Crippen LogP contribution is 2.40. The molecule has 1 aromatic heterocycles. The van der Waals surface area contributed by atoms with E-state index < -0.39 is 24.2 Å². The Balaban J connectivity index is 1.87. The van der Waals surface area contributed by atoms with E-state index in [0.29, 0.717) is 22.5 Å². The van der Waals surface area contributed by atoms with Crippen molar-refractivity contribution >= 4 is 22.9 Å². The number of piperidine rings is 1. The van der Waals surface area contributed by atoms with Crippen LogP contribution in [0.2, 0.25) is 0 Å². The van der Waals surface area contributed by atoms with Gasteiger partial charge in [0.25, 0.3) is 5.91 Å². The second kappa shape index (κ2) is 6.46. The van der Waals surface area contributed by atoms with Crippen LogP contribution in [0.25, 0.3) is 11.0 Å². The minimum absolute atomic E-state index is 0.150. The van der Waals surface area contributed by atoms with Gasteiger partial charge < -0.3 is 19.5 Å². The number of likely N-dealkylation sites (tertiary alicyclic amines) is 1. The molecule has 26 heavy (non-hydrogen) atoms. The van der Waals surface area contributed by atoms with Crippen LogP contribution in [0.3, 0.4) is 0 Å². The van der Waals surface area contributed by atoms with E-state index in [1.807, 2.05) is 14.1 Å². The molecule has 1 N–H and O–H groups in total. The number of nitrogens with one attached hydrogen (secondary N) is 1. The third-order valence-corrected chi connectivity index (χ3v) is 4.79. The number of hydrogen-bond acceptors (Lipinski definition) is 4. The lowest BCUT2D eigenvalue weighted by molar-refractivity contribution is -0.280. The molecule has 0 aliphatic carbocycles. The molecule has 0 spiro atoms. The SMILES string of the molecule is COC1(C(F)(F)F)CCCN(C(=O)c2ccc3nc(N(C)C)[nH]c3c2)C1. The van der Waals surface area contributed by atoms with Gasteiger partial charge in [-0.05, 0) is 31.0 Å². The fourth-order valence-electron chi connectivity index (χ4n) is 3.23. The average molecular weight is 370 g/mol. The van der Waals surface area contributed by atoms with Gasteiger partial charge in [-0.25, -0.2) is 4.98 Å². The lowest BCUT2D eigenvalue weighted by Gasteiger charge is -2.42. The van der Waals surface area contributed by atoms with Crippen molar-refractivity contribution in [1.29, 1.82) is 0 Å². The summed E-state index contributed by atoms with van der Waals surface area (Å²) in [5.41, 5.74) is -0.645. The van der Waals surface area contributed by atoms with Crippen LogP contribution in [0.15, 0.2) is 18.2 Å². The lowest BCUT2D eigenvalue weighted by Crippen LogP contribution is -2.59. The maximum atomic E-state index is 13.4. The fourth-order valence-corrected chi connectivity index (χ4v) is 3.23. The van der Waals surface area contributed by atoms with Crippen molar-refractivity contribution in [3.63, 3.8) is 0 Å². The molecule has 0 saturated carbocycles. The second-order valence-corrected chi connectivity index (χ2v) is 6.71. The van der Waals surface area contributed by atoms with Gasteiger partial charge in [-0.3, -0.25) is 4.79 Å². The standard InChI is InChI=1S/C17H21F3N4O2/c1-23(2)15-21-12-6-5-11(9-13(12)22-15)14(25)24-8-4-7-16(10-24,26-3)17(18,19)20/h5-6,9H,4,7-8,10H2,1-3H3,(H,21,22). The topological polar surface area (TPSA) is 61.5 Å². The summed E-state index contributed by atoms with van der Waals surface area (Å²) in [5, 5.41) is 0. The molecule has 2 heterocycles. The smallest absolute Gasteiger partial charge is 0.367 e. The summed E-state index contributed by atoms with van der Waals surface area (Å²) in [6.45, 7) is -0.236. The minimum atomic E-state index is -4.53. The van der Waals surface area contributed by atoms with Crippen LogP contribution in [-0.2, 0) is 4.74 Å². The largest absolute Gasteiger partial charge is 0.419 e. The number of hydrogen-bond donors (Lipinski definition) is 1. The molecular weight excluding hydrogens is 349 g/mol. The van der Waals surface area contributed by atoms with Gasteiger partial charge in [0.05, 0.1) is 17.6 Å². The van der Waals surface area contributed by atoms with Gasteiger partial charge in [0.15, 0.2) is 5.60 Å². The number of fused-ring (bicyclic) bond motifs is 1. The number of anilines is 1. The summed E-state index contributed by atoms with van der Waals surface area (Å²) in [6.07, 6.45) is -4.45. The number of aromatic nitrogens is 2. The van der Waals surface area contributed by atoms with Crippen LogP contribution in [0.5, 0.6) is 0 Å². The first kappa shape index (κ1) is 18.5. The first-order valence-electron chi connectivity index (χ1n) is 8.25. The number of carbonyl (C=O) groups is 1. The Bertz CT molecular complexity index is 818. The highest BCUT2D eigenvalue weighted by Gasteiger charge is 2.57. The Labute approximate surface area is 148 Å². The predicted octanol–water partition coefficient (Wildman–Crippen LogP) is 2.81. The molecule has 0 radical (unpaired) electrons. The van der Waals surface area contributed by atoms with Crippen LogP contribution in [0, 0.1) is 0 Å². The van der Waals surface area contributed by atoms with E-state index in [1.54, 1.807) is 23.1 Å². The molecule has 1 fully saturated rings. The van der Waals surface area contributed by atoms with Crippen molar-refractivity contribution in [1.82, 2.24) is 14.9 Å². The Morgan fingerprint density at radius 2 is 2.12 bits per heavy atom. The molecule has 6 nitrogen and oxygen atoms in total. The molecular formula is C17H21F3N4O2. The molecule has 1 atom stereocenters. The third kappa shape index (κ3) is 3.11. The molecule has 1 amide bonds. The van der Waals surface area contributed by atoms with Gasteiger partial charge in [0.1, 0.15) is 0 Å². The van der Waals surface area contributed by atoms with Crippen molar-refractivity contribution in [2.45, 2.75) is 24.6 Å². The van der Waals surface area contributed by atoms with E-state index in [1.165, 1.54) is 4.90 Å². The fraction of sp³-hybridized carbons (Fsp3) is 0.529. The summed E-state index contributed by atoms with van der Waals surface area (Å²) in [7, 11) is 4.71. The molecule has 1 aliphatic rings. The highest BCUT2D eigenvalue weighted by molar-refractivity contribution is 5.97. The molecule has 9 heteroatoms. The van der Waals surface area contributed by atoms with Crippen molar-refractivity contribution in [3.8, 4) is 0 Å². The van der Waals surface area contributed by atoms with Gasteiger partial charge in [-0.1, -0.05) is 0 Å². The molecule has 3 rings (SSSR count). The van der Waals surface area contributed by atoms with Crippen LogP contribution >= 0.6 is 0 Å². The summed E-state index contributed by atoms with van der Waals surface area (Å²) in [4.78, 5) is 23.2. The number of H-pyrrole nitrogens is 1. The zero-order valence-corrected chi connectivity index (χ0v) is 14.9. The molecule has 1 aliphatic heterocycles. The third-order valence-electron chi connectivity index (χ3n) is 4.79. The Morgan fingerprint density at radius 1 is 1.38 bits per heavy atom. The number of nitrogens with zero attached hydrogens (tertiary/aromatic N) is 3. The zero-order valence-electron chi connectivity index (χ0n) is 14.9. The van der Waals surface area contributed by atoms with E-state index in [4.69, 9.17) is 4.74 Å². The van der Waals surface area contributed by atoms with Crippen molar-refractivity contribution in [3.05, 3.63) is 23.8 Å². The number of imidazole rings is 1. The molecule has 1 saturated heterocycles. The number of carbonyl (C=O) groups excluding carboxylic acids is 1. The Kier molecular flexibility index (Phi) is 4.60. The Morgan fingerprint density at radius 3 is 2.73 bits per heavy atom. The maximum Gasteiger partial charge on any atom is 0.419 e. The van der Waals surface area contributed by atoms with E-state index in [9.17, 15) is 18.0 Å². The maximum absolute atomic E-state index is 13.4. The molecule has 0 bridgehead atoms. The molecule has 1 aromatic carbocycles. The van der Waals surface area contributed by atoms with Crippen molar-refractivity contribution in [2.75, 3.05) is 39.2 Å². The number of methoxy groups -OCH3 is 1. The van der Waals surface area contributed by atoms with Crippen LogP contribution in [0.1, 0.15) is 23.2 Å². The van der Waals surface area contributed by atoms with Gasteiger partial charge in [0.2, 0.25) is 5.95 Å². The highest BCUT2D eigenvalue weighted by atomic mass is 19.4. The Hall–Kier alpha value is -2.29. The van der Waals surface area contributed by atoms with Gasteiger partial charge in [0, 0.05) is 33.3 Å². The monoisotopic (exact) mass is 370 g/mol. The van der Waals surface area contributed by atoms with Crippen LogP contribution in [0.4, 0.5) is 19.1 Å². The van der Waals surface area contributed by atoms with Gasteiger partial charge in [-0.2, -0.15) is 13.2 Å². The first-order valence-corrected chi connectivity index (χ1v) is 8.25. The number of halogens is 3. The van der Waals surface area contributed by atoms with Crippen LogP contribution < -0.4 is 4.90 Å². The minimum Gasteiger partial charge on any atom is -0.367 e. The number of benzene rings is 1. The number of amides is 1. The van der Waals surface area contributed by atoms with Crippen molar-refractivity contribution < 1.29 is 22.7 Å². The summed E-state index contributed by atoms with van der Waals surface area (Å²) in [6, 6.07) is 4.89. The van der Waals surface area contributed by atoms with E-state index in [0.717, 1.165) is 7.11 Å². The second-order valence-electron chi connectivity index (χ2n) is 6.71. The van der Waals surface area contributed by atoms with E-state index >= 15 is 0 Å². The molecule has 142 valence electrons. The first-order chi connectivity index (χ1) is 12.2. The number of alkyl halides is 3. The van der Waals surface area contributed by atoms with Crippen LogP contribution in [-0.4, -0.2) is 66.8 Å². The van der Waals surface area contributed by atoms with E-state index in [2.05, 4.69) is 9.97 Å². The van der Waals surface area contributed by atoms with E-state index in [-0.39, 0.29) is 19.4 Å². The van der Waals surface area contributed by atoms with Gasteiger partial charge in [-0.15, -0.1) is 0 Å². The average Bonchev–Trinajstić information content (AvgIpc) is 3.03. The predicted molar refractivity (Wildman–Crippen MR) is 91.4 cm³/mol.